The van der Waals surface area contributed by atoms with Crippen molar-refractivity contribution in [3.63, 3.8) is 0 Å². The van der Waals surface area contributed by atoms with Gasteiger partial charge in [0.05, 0.1) is 22.2 Å². The number of hydrogen-bond acceptors (Lipinski definition) is 4. The van der Waals surface area contributed by atoms with Gasteiger partial charge in [-0.2, -0.15) is 0 Å². The second-order valence-electron chi connectivity index (χ2n) is 4.56. The summed E-state index contributed by atoms with van der Waals surface area (Å²) in [5, 5.41) is 0.920. The predicted octanol–water partition coefficient (Wildman–Crippen LogP) is 5.41. The molecule has 0 aliphatic carbocycles. The van der Waals surface area contributed by atoms with Crippen LogP contribution in [0.2, 0.25) is 0 Å². The van der Waals surface area contributed by atoms with Crippen molar-refractivity contribution in [2.75, 3.05) is 12.3 Å². The van der Waals surface area contributed by atoms with Crippen LogP contribution in [-0.2, 0) is 0 Å². The Bertz CT molecular complexity index is 741. The molecule has 0 amide bonds. The van der Waals surface area contributed by atoms with Crippen molar-refractivity contribution in [1.29, 1.82) is 0 Å². The first-order chi connectivity index (χ1) is 10.6. The number of nitrogens with two attached hydrogens (primary N) is 1. The molecule has 0 saturated carbocycles. The Labute approximate surface area is 140 Å². The summed E-state index contributed by atoms with van der Waals surface area (Å²) in [6.45, 7) is 6.42. The highest BCUT2D eigenvalue weighted by Gasteiger charge is 2.12. The van der Waals surface area contributed by atoms with Gasteiger partial charge in [0, 0.05) is 22.0 Å². The van der Waals surface area contributed by atoms with Gasteiger partial charge in [0.25, 0.3) is 0 Å². The van der Waals surface area contributed by atoms with Gasteiger partial charge in [-0.25, -0.2) is 4.98 Å². The monoisotopic (exact) mass is 334 g/mol. The lowest BCUT2D eigenvalue weighted by molar-refractivity contribution is 0.344. The lowest BCUT2D eigenvalue weighted by Gasteiger charge is -2.12. The molecule has 0 fully saturated rings. The maximum atomic E-state index is 6.14. The summed E-state index contributed by atoms with van der Waals surface area (Å²) >= 11 is 7.62. The summed E-state index contributed by atoms with van der Waals surface area (Å²) in [6.07, 6.45) is 3.86. The molecule has 116 valence electrons. The van der Waals surface area contributed by atoms with Gasteiger partial charge in [-0.15, -0.1) is 0 Å². The maximum Gasteiger partial charge on any atom is 0.130 e. The van der Waals surface area contributed by atoms with Crippen LogP contribution in [0.3, 0.4) is 0 Å². The molecule has 0 bridgehead atoms. The molecule has 0 aliphatic rings. The fourth-order valence-electron chi connectivity index (χ4n) is 2.04. The van der Waals surface area contributed by atoms with E-state index < -0.39 is 0 Å². The molecule has 0 unspecified atom stereocenters. The van der Waals surface area contributed by atoms with Crippen molar-refractivity contribution < 1.29 is 4.74 Å². The average molecular weight is 335 g/mol. The van der Waals surface area contributed by atoms with Gasteiger partial charge in [-0.05, 0) is 39.0 Å². The summed E-state index contributed by atoms with van der Waals surface area (Å²) in [5.74, 6) is 0.784. The van der Waals surface area contributed by atoms with Crippen LogP contribution in [0.25, 0.3) is 15.8 Å². The number of allylic oxidation sites excluding steroid dienone is 2. The normalized spacial score (nSPS) is 12.7. The molecule has 5 heteroatoms. The SMILES string of the molecule is C/C=C(\S/C(Cl)=C\C)c1cc(OCC)c2cc(N)ccc2n1. The fraction of sp³-hybridized carbons (Fsp3) is 0.235. The summed E-state index contributed by atoms with van der Waals surface area (Å²) in [7, 11) is 0. The molecule has 3 nitrogen and oxygen atoms in total. The van der Waals surface area contributed by atoms with Crippen LogP contribution < -0.4 is 10.5 Å². The number of ether oxygens (including phenoxy) is 1. The van der Waals surface area contributed by atoms with E-state index in [0.29, 0.717) is 16.7 Å². The Morgan fingerprint density at radius 2 is 2.09 bits per heavy atom. The number of halogens is 1. The topological polar surface area (TPSA) is 48.1 Å². The highest BCUT2D eigenvalue weighted by Crippen LogP contribution is 2.37. The van der Waals surface area contributed by atoms with E-state index in [9.17, 15) is 0 Å². The highest BCUT2D eigenvalue weighted by atomic mass is 35.5. The quantitative estimate of drug-likeness (QED) is 0.743. The number of hydrogen-bond donors (Lipinski definition) is 1. The largest absolute Gasteiger partial charge is 0.493 e. The average Bonchev–Trinajstić information content (AvgIpc) is 2.52. The molecule has 22 heavy (non-hydrogen) atoms. The number of anilines is 1. The van der Waals surface area contributed by atoms with E-state index in [1.54, 1.807) is 0 Å². The van der Waals surface area contributed by atoms with Crippen LogP contribution in [0.4, 0.5) is 5.69 Å². The van der Waals surface area contributed by atoms with Crippen molar-refractivity contribution in [1.82, 2.24) is 4.98 Å². The number of pyridine rings is 1. The minimum atomic E-state index is 0.585. The molecular formula is C17H19ClN2OS. The van der Waals surface area contributed by atoms with Crippen LogP contribution in [0.1, 0.15) is 26.5 Å². The number of nitrogens with zero attached hydrogens (tertiary/aromatic N) is 1. The second-order valence-corrected chi connectivity index (χ2v) is 6.28. The van der Waals surface area contributed by atoms with Gasteiger partial charge >= 0.3 is 0 Å². The zero-order chi connectivity index (χ0) is 16.1. The fourth-order valence-corrected chi connectivity index (χ4v) is 2.94. The van der Waals surface area contributed by atoms with Crippen LogP contribution in [0, 0.1) is 0 Å². The van der Waals surface area contributed by atoms with Gasteiger partial charge in [-0.1, -0.05) is 35.5 Å². The van der Waals surface area contributed by atoms with Crippen molar-refractivity contribution in [2.45, 2.75) is 20.8 Å². The summed E-state index contributed by atoms with van der Waals surface area (Å²) in [5.41, 5.74) is 8.26. The molecule has 1 aromatic carbocycles. The molecule has 1 aromatic heterocycles. The van der Waals surface area contributed by atoms with E-state index in [-0.39, 0.29) is 0 Å². The molecule has 0 atom stereocenters. The zero-order valence-electron chi connectivity index (χ0n) is 12.9. The van der Waals surface area contributed by atoms with Crippen LogP contribution in [-0.4, -0.2) is 11.6 Å². The van der Waals surface area contributed by atoms with Gasteiger partial charge in [0.15, 0.2) is 0 Å². The van der Waals surface area contributed by atoms with Crippen molar-refractivity contribution in [3.05, 3.63) is 46.5 Å². The lowest BCUT2D eigenvalue weighted by atomic mass is 10.1. The minimum absolute atomic E-state index is 0.585. The summed E-state index contributed by atoms with van der Waals surface area (Å²) in [4.78, 5) is 5.70. The number of rotatable bonds is 5. The molecule has 0 aliphatic heterocycles. The van der Waals surface area contributed by atoms with Crippen molar-refractivity contribution in [2.24, 2.45) is 0 Å². The third-order valence-corrected chi connectivity index (χ3v) is 4.59. The number of thioether (sulfide) groups is 1. The smallest absolute Gasteiger partial charge is 0.130 e. The molecule has 0 saturated heterocycles. The van der Waals surface area contributed by atoms with Gasteiger partial charge < -0.3 is 10.5 Å². The van der Waals surface area contributed by atoms with Gasteiger partial charge in [-0.3, -0.25) is 0 Å². The maximum absolute atomic E-state index is 6.14. The molecule has 1 heterocycles. The Morgan fingerprint density at radius 3 is 2.73 bits per heavy atom. The van der Waals surface area contributed by atoms with Crippen LogP contribution >= 0.6 is 23.4 Å². The molecule has 0 spiro atoms. The third-order valence-electron chi connectivity index (χ3n) is 3.04. The Hall–Kier alpha value is -1.65. The number of fused-ring (bicyclic) bond motifs is 1. The first kappa shape index (κ1) is 16.7. The molecule has 2 aromatic rings. The van der Waals surface area contributed by atoms with E-state index in [1.807, 2.05) is 57.2 Å². The van der Waals surface area contributed by atoms with E-state index >= 15 is 0 Å². The molecular weight excluding hydrogens is 316 g/mol. The zero-order valence-corrected chi connectivity index (χ0v) is 14.5. The third kappa shape index (κ3) is 3.76. The highest BCUT2D eigenvalue weighted by molar-refractivity contribution is 8.13. The number of benzene rings is 1. The molecule has 2 rings (SSSR count). The summed E-state index contributed by atoms with van der Waals surface area (Å²) in [6, 6.07) is 7.58. The van der Waals surface area contributed by atoms with Crippen LogP contribution in [0.15, 0.2) is 40.8 Å². The van der Waals surface area contributed by atoms with Crippen LogP contribution in [0.5, 0.6) is 5.75 Å². The summed E-state index contributed by atoms with van der Waals surface area (Å²) < 4.78 is 6.47. The standard InChI is InChI=1S/C17H19ClN2OS/c1-4-16(22-17(18)5-2)14-10-15(21-6-3)12-9-11(19)7-8-13(12)20-14/h4-5,7-10H,6,19H2,1-3H3/b16-4-,17-5-. The Morgan fingerprint density at radius 1 is 1.32 bits per heavy atom. The number of aromatic nitrogens is 1. The lowest BCUT2D eigenvalue weighted by Crippen LogP contribution is -1.97. The van der Waals surface area contributed by atoms with Gasteiger partial charge in [0.1, 0.15) is 5.75 Å². The predicted molar refractivity (Wildman–Crippen MR) is 98.2 cm³/mol. The molecule has 0 radical (unpaired) electrons. The first-order valence-corrected chi connectivity index (χ1v) is 8.27. The first-order valence-electron chi connectivity index (χ1n) is 7.08. The van der Waals surface area contributed by atoms with Gasteiger partial charge in [0.2, 0.25) is 0 Å². The Kier molecular flexibility index (Phi) is 5.75. The van der Waals surface area contributed by atoms with E-state index in [2.05, 4.69) is 0 Å². The second kappa shape index (κ2) is 7.56. The van der Waals surface area contributed by atoms with Crippen molar-refractivity contribution >= 4 is 44.9 Å². The Balaban J connectivity index is 2.57. The van der Waals surface area contributed by atoms with Crippen molar-refractivity contribution in [3.8, 4) is 5.75 Å². The van der Waals surface area contributed by atoms with E-state index in [0.717, 1.165) is 27.3 Å². The molecule has 2 N–H and O–H groups in total. The minimum Gasteiger partial charge on any atom is -0.493 e. The van der Waals surface area contributed by atoms with E-state index in [1.165, 1.54) is 11.8 Å². The number of nitrogen functional groups attached to an aromatic ring is 1. The van der Waals surface area contributed by atoms with E-state index in [4.69, 9.17) is 27.1 Å².